The Balaban J connectivity index is 0.000000437. The summed E-state index contributed by atoms with van der Waals surface area (Å²) in [5.74, 6) is 0. The summed E-state index contributed by atoms with van der Waals surface area (Å²) in [6, 6.07) is 6.34. The number of unbranched alkanes of at least 4 members (excludes halogenated alkanes) is 2. The third kappa shape index (κ3) is 11.3. The molecule has 0 unspecified atom stereocenters. The van der Waals surface area contributed by atoms with Gasteiger partial charge in [0.2, 0.25) is 0 Å². The van der Waals surface area contributed by atoms with Crippen LogP contribution in [0.2, 0.25) is 0 Å². The Morgan fingerprint density at radius 2 is 1.88 bits per heavy atom. The predicted octanol–water partition coefficient (Wildman–Crippen LogP) is 1.63. The summed E-state index contributed by atoms with van der Waals surface area (Å²) >= 11 is 0. The molecule has 4 nitrogen and oxygen atoms in total. The van der Waals surface area contributed by atoms with Gasteiger partial charge in [-0.15, -0.1) is 0 Å². The summed E-state index contributed by atoms with van der Waals surface area (Å²) in [6.45, 7) is 5.56. The number of pyridine rings is 1. The molecule has 0 N–H and O–H groups in total. The molecule has 0 aliphatic rings. The van der Waals surface area contributed by atoms with Crippen LogP contribution in [0.3, 0.4) is 0 Å². The Bertz CT molecular complexity index is 408. The molecule has 17 heavy (non-hydrogen) atoms. The molecule has 0 saturated carbocycles. The van der Waals surface area contributed by atoms with Gasteiger partial charge in [0.1, 0.15) is 6.54 Å². The first-order chi connectivity index (χ1) is 7.84. The molecule has 0 aliphatic heterocycles. The number of aryl methyl sites for hydroxylation is 2. The lowest BCUT2D eigenvalue weighted by atomic mass is 10.2. The van der Waals surface area contributed by atoms with Gasteiger partial charge in [0.05, 0.1) is 10.1 Å². The Morgan fingerprint density at radius 3 is 2.35 bits per heavy atom. The van der Waals surface area contributed by atoms with Crippen molar-refractivity contribution in [3.8, 4) is 0 Å². The molecule has 0 fully saturated rings. The smallest absolute Gasteiger partial charge is 0.178 e. The minimum absolute atomic E-state index is 0.604. The summed E-state index contributed by atoms with van der Waals surface area (Å²) < 4.78 is 29.5. The van der Waals surface area contributed by atoms with Crippen LogP contribution in [-0.4, -0.2) is 19.2 Å². The highest BCUT2D eigenvalue weighted by molar-refractivity contribution is 7.84. The fraction of sp³-hybridized carbons (Fsp3) is 0.583. The molecule has 1 aromatic heterocycles. The molecular formula is C12H21NO3S. The van der Waals surface area contributed by atoms with Crippen molar-refractivity contribution in [3.05, 3.63) is 30.1 Å². The van der Waals surface area contributed by atoms with Crippen LogP contribution in [0.4, 0.5) is 0 Å². The molecule has 1 heterocycles. The number of hydrogen-bond acceptors (Lipinski definition) is 3. The van der Waals surface area contributed by atoms with Gasteiger partial charge in [-0.1, -0.05) is 19.4 Å². The summed E-state index contributed by atoms with van der Waals surface area (Å²) in [7, 11) is -3.92. The lowest BCUT2D eigenvalue weighted by Crippen LogP contribution is -2.36. The van der Waals surface area contributed by atoms with E-state index in [-0.39, 0.29) is 0 Å². The maximum Gasteiger partial charge on any atom is 0.178 e. The van der Waals surface area contributed by atoms with E-state index >= 15 is 0 Å². The van der Waals surface area contributed by atoms with Gasteiger partial charge in [-0.3, -0.25) is 0 Å². The molecule has 0 aromatic carbocycles. The highest BCUT2D eigenvalue weighted by atomic mass is 32.2. The molecule has 0 amide bonds. The Hall–Kier alpha value is -0.940. The molecule has 0 atom stereocenters. The highest BCUT2D eigenvalue weighted by Gasteiger charge is 2.01. The second kappa shape index (κ2) is 8.20. The topological polar surface area (TPSA) is 61.1 Å². The summed E-state index contributed by atoms with van der Waals surface area (Å²) in [6.07, 6.45) is 6.69. The molecule has 98 valence electrons. The first kappa shape index (κ1) is 16.1. The van der Waals surface area contributed by atoms with Gasteiger partial charge >= 0.3 is 0 Å². The largest absolute Gasteiger partial charge is 0.748 e. The highest BCUT2D eigenvalue weighted by Crippen LogP contribution is 1.95. The van der Waals surface area contributed by atoms with Crippen LogP contribution < -0.4 is 4.57 Å². The van der Waals surface area contributed by atoms with Gasteiger partial charge in [0, 0.05) is 31.7 Å². The lowest BCUT2D eigenvalue weighted by molar-refractivity contribution is -0.703. The predicted molar refractivity (Wildman–Crippen MR) is 66.5 cm³/mol. The van der Waals surface area contributed by atoms with E-state index in [2.05, 4.69) is 42.8 Å². The molecule has 0 saturated heterocycles. The van der Waals surface area contributed by atoms with Crippen molar-refractivity contribution >= 4 is 10.1 Å². The first-order valence-corrected chi connectivity index (χ1v) is 7.52. The molecule has 0 aliphatic carbocycles. The average Bonchev–Trinajstić information content (AvgIpc) is 2.19. The molecule has 1 aromatic rings. The first-order valence-electron chi connectivity index (χ1n) is 5.70. The van der Waals surface area contributed by atoms with Crippen molar-refractivity contribution in [2.24, 2.45) is 0 Å². The minimum atomic E-state index is -3.92. The monoisotopic (exact) mass is 259 g/mol. The van der Waals surface area contributed by atoms with Crippen LogP contribution in [0.25, 0.3) is 0 Å². The van der Waals surface area contributed by atoms with Crippen molar-refractivity contribution in [1.82, 2.24) is 0 Å². The molecule has 0 bridgehead atoms. The van der Waals surface area contributed by atoms with Gasteiger partial charge in [0.25, 0.3) is 0 Å². The van der Waals surface area contributed by atoms with Gasteiger partial charge in [0.15, 0.2) is 11.9 Å². The van der Waals surface area contributed by atoms with Crippen LogP contribution in [0, 0.1) is 6.92 Å². The summed E-state index contributed by atoms with van der Waals surface area (Å²) in [5, 5.41) is 0. The Labute approximate surface area is 104 Å². The average molecular weight is 259 g/mol. The van der Waals surface area contributed by atoms with Crippen LogP contribution in [0.1, 0.15) is 31.9 Å². The lowest BCUT2D eigenvalue weighted by Gasteiger charge is -1.98. The van der Waals surface area contributed by atoms with E-state index in [0.29, 0.717) is 6.26 Å². The number of rotatable bonds is 4. The van der Waals surface area contributed by atoms with Crippen LogP contribution in [-0.2, 0) is 16.7 Å². The molecule has 0 radical (unpaired) electrons. The van der Waals surface area contributed by atoms with E-state index in [1.165, 1.54) is 31.5 Å². The third-order valence-corrected chi connectivity index (χ3v) is 2.17. The molecule has 5 heteroatoms. The van der Waals surface area contributed by atoms with Gasteiger partial charge in [-0.25, -0.2) is 13.0 Å². The van der Waals surface area contributed by atoms with E-state index in [1.807, 2.05) is 0 Å². The standard InChI is InChI=1S/C11H18N.CH4O3S/c1-3-4-6-9-12-10-7-5-8-11(12)2;1-5(2,3)4/h5,7-8,10H,3-4,6,9H2,1-2H3;1H3,(H,2,3,4)/q+1;/p-1. The van der Waals surface area contributed by atoms with E-state index in [0.717, 1.165) is 0 Å². The fourth-order valence-corrected chi connectivity index (χ4v) is 1.34. The van der Waals surface area contributed by atoms with Crippen LogP contribution in [0.5, 0.6) is 0 Å². The number of hydrogen-bond donors (Lipinski definition) is 0. The minimum Gasteiger partial charge on any atom is -0.748 e. The number of aromatic nitrogens is 1. The zero-order valence-corrected chi connectivity index (χ0v) is 11.5. The van der Waals surface area contributed by atoms with Gasteiger partial charge in [-0.05, 0) is 6.42 Å². The SMILES string of the molecule is CCCCC[n+]1ccccc1C.CS(=O)(=O)[O-]. The zero-order chi connectivity index (χ0) is 13.3. The molecular weight excluding hydrogens is 238 g/mol. The van der Waals surface area contributed by atoms with Crippen molar-refractivity contribution in [2.45, 2.75) is 39.7 Å². The Morgan fingerprint density at radius 1 is 1.29 bits per heavy atom. The normalized spacial score (nSPS) is 10.6. The number of nitrogens with zero attached hydrogens (tertiary/aromatic N) is 1. The maximum atomic E-state index is 9.08. The van der Waals surface area contributed by atoms with E-state index in [1.54, 1.807) is 0 Å². The van der Waals surface area contributed by atoms with Crippen molar-refractivity contribution in [1.29, 1.82) is 0 Å². The van der Waals surface area contributed by atoms with E-state index in [4.69, 9.17) is 13.0 Å². The van der Waals surface area contributed by atoms with E-state index < -0.39 is 10.1 Å². The van der Waals surface area contributed by atoms with Crippen LogP contribution in [0.15, 0.2) is 24.4 Å². The second-order valence-corrected chi connectivity index (χ2v) is 5.35. The zero-order valence-electron chi connectivity index (χ0n) is 10.7. The van der Waals surface area contributed by atoms with E-state index in [9.17, 15) is 0 Å². The molecule has 0 spiro atoms. The van der Waals surface area contributed by atoms with Crippen molar-refractivity contribution < 1.29 is 17.5 Å². The second-order valence-electron chi connectivity index (χ2n) is 3.95. The molecule has 1 rings (SSSR count). The van der Waals surface area contributed by atoms with Crippen LogP contribution >= 0.6 is 0 Å². The quantitative estimate of drug-likeness (QED) is 0.469. The van der Waals surface area contributed by atoms with Crippen molar-refractivity contribution in [2.75, 3.05) is 6.26 Å². The third-order valence-electron chi connectivity index (χ3n) is 2.17. The van der Waals surface area contributed by atoms with Gasteiger partial charge in [-0.2, -0.15) is 0 Å². The Kier molecular flexibility index (Phi) is 7.74. The summed E-state index contributed by atoms with van der Waals surface area (Å²) in [4.78, 5) is 0. The summed E-state index contributed by atoms with van der Waals surface area (Å²) in [5.41, 5.74) is 1.36. The van der Waals surface area contributed by atoms with Crippen molar-refractivity contribution in [3.63, 3.8) is 0 Å². The maximum absolute atomic E-state index is 9.08. The fourth-order valence-electron chi connectivity index (χ4n) is 1.34. The van der Waals surface area contributed by atoms with Gasteiger partial charge < -0.3 is 4.55 Å².